The van der Waals surface area contributed by atoms with Crippen LogP contribution in [0.2, 0.25) is 0 Å². The molecule has 352 valence electrons. The predicted molar refractivity (Wildman–Crippen MR) is 232 cm³/mol. The minimum Gasteiger partial charge on any atom is -0.488 e. The Morgan fingerprint density at radius 3 is 1.70 bits per heavy atom. The van der Waals surface area contributed by atoms with Crippen molar-refractivity contribution in [2.75, 3.05) is 32.6 Å². The number of benzene rings is 4. The van der Waals surface area contributed by atoms with Gasteiger partial charge in [-0.25, -0.2) is 17.4 Å². The van der Waals surface area contributed by atoms with Crippen LogP contribution in [0.4, 0.5) is 4.39 Å². The first-order valence-corrected chi connectivity index (χ1v) is 23.4. The lowest BCUT2D eigenvalue weighted by Gasteiger charge is -2.16. The quantitative estimate of drug-likeness (QED) is 0.0324. The molecule has 0 spiro atoms. The van der Waals surface area contributed by atoms with Gasteiger partial charge in [-0.2, -0.15) is 9.98 Å². The highest BCUT2D eigenvalue weighted by molar-refractivity contribution is 7.92. The number of rotatable bonds is 24. The zero-order chi connectivity index (χ0) is 49.1. The molecule has 0 aliphatic carbocycles. The van der Waals surface area contributed by atoms with Crippen molar-refractivity contribution in [3.05, 3.63) is 118 Å². The molecule has 0 aliphatic rings. The van der Waals surface area contributed by atoms with Gasteiger partial charge in [-0.1, -0.05) is 24.3 Å². The van der Waals surface area contributed by atoms with E-state index < -0.39 is 96.8 Å². The Morgan fingerprint density at radius 1 is 0.716 bits per heavy atom. The molecule has 4 aromatic carbocycles. The number of carbonyl (C=O) groups excluding carboxylic acids is 2. The molecule has 2 amide bonds. The van der Waals surface area contributed by atoms with Crippen LogP contribution in [-0.4, -0.2) is 102 Å². The number of sulfonamides is 1. The Bertz CT molecular complexity index is 2840. The van der Waals surface area contributed by atoms with Gasteiger partial charge >= 0.3 is 31.5 Å². The van der Waals surface area contributed by atoms with Crippen molar-refractivity contribution in [3.63, 3.8) is 0 Å². The number of hydrogen-bond donors (Lipinski definition) is 8. The van der Waals surface area contributed by atoms with Gasteiger partial charge in [0, 0.05) is 28.0 Å². The van der Waals surface area contributed by atoms with E-state index in [1.165, 1.54) is 54.6 Å². The lowest BCUT2D eigenvalue weighted by molar-refractivity contribution is -0.137. The number of halogens is 1. The summed E-state index contributed by atoms with van der Waals surface area (Å²) in [5, 5.41) is 51.8. The molecular weight excluding hydrogens is 947 g/mol. The molecule has 21 nitrogen and oxygen atoms in total. The van der Waals surface area contributed by atoms with Crippen LogP contribution in [0.5, 0.6) is 17.2 Å². The number of fused-ring (bicyclic) bond motifs is 1. The smallest absolute Gasteiger partial charge is 0.391 e. The van der Waals surface area contributed by atoms with Gasteiger partial charge in [-0.3, -0.25) is 28.8 Å². The van der Waals surface area contributed by atoms with Crippen LogP contribution >= 0.6 is 18.9 Å². The van der Waals surface area contributed by atoms with Gasteiger partial charge in [0.2, 0.25) is 0 Å². The molecule has 25 heteroatoms. The SMILES string of the molecule is N#Cc1ccc(OP(=O)(O)CNS(=O)(=O)c2cc3cc(OCCNC(=O)c4cccc(CC(=O)O)c4CC(=O)O)c(OCCNC(=O)c4cccc(CC(=O)O)c4CC(=O)O)cc3s2)cc1F. The van der Waals surface area contributed by atoms with E-state index in [0.717, 1.165) is 12.1 Å². The van der Waals surface area contributed by atoms with E-state index in [1.54, 1.807) is 6.07 Å². The third kappa shape index (κ3) is 14.0. The van der Waals surface area contributed by atoms with E-state index in [4.69, 9.17) is 19.3 Å². The van der Waals surface area contributed by atoms with Gasteiger partial charge in [0.25, 0.3) is 21.8 Å². The van der Waals surface area contributed by atoms with Gasteiger partial charge in [0.05, 0.1) is 44.3 Å². The molecule has 5 aromatic rings. The van der Waals surface area contributed by atoms with E-state index in [9.17, 15) is 71.5 Å². The molecule has 8 N–H and O–H groups in total. The standard InChI is InChI=1S/C42H38FN4O17PS2/c43-32-17-27(8-7-25(32)21-44)64-65(58,59)22-47-67(60,61)40-16-26-13-33(62-11-9-45-41(56)28-5-1-3-23(14-36(48)49)30(28)18-38(52)53)34(20-35(26)66-40)63-12-10-46-42(57)29-6-2-4-24(15-37(50)51)31(29)19-39(54)55/h1-8,13,16-17,20,47H,9-12,14-15,18-19,22H2,(H,45,56)(H,46,57)(H,48,49)(H,50,51)(H,52,53)(H,54,55)(H,58,59). The highest BCUT2D eigenvalue weighted by atomic mass is 32.2. The van der Waals surface area contributed by atoms with Crippen molar-refractivity contribution in [2.45, 2.75) is 29.9 Å². The number of nitrogens with zero attached hydrogens (tertiary/aromatic N) is 1. The van der Waals surface area contributed by atoms with Crippen molar-refractivity contribution in [1.82, 2.24) is 15.4 Å². The Morgan fingerprint density at radius 2 is 1.22 bits per heavy atom. The average Bonchev–Trinajstić information content (AvgIpc) is 3.67. The summed E-state index contributed by atoms with van der Waals surface area (Å²) in [4.78, 5) is 82.7. The summed E-state index contributed by atoms with van der Waals surface area (Å²) in [5.41, 5.74) is -0.252. The van der Waals surface area contributed by atoms with E-state index >= 15 is 0 Å². The maximum Gasteiger partial charge on any atom is 0.391 e. The van der Waals surface area contributed by atoms with Crippen LogP contribution in [0.25, 0.3) is 10.1 Å². The van der Waals surface area contributed by atoms with E-state index in [-0.39, 0.29) is 91.0 Å². The average molecular weight is 985 g/mol. The minimum absolute atomic E-state index is 0.00357. The summed E-state index contributed by atoms with van der Waals surface area (Å²) in [6, 6.07) is 16.6. The first kappa shape index (κ1) is 50.6. The molecule has 0 bridgehead atoms. The summed E-state index contributed by atoms with van der Waals surface area (Å²) in [5.74, 6) is -8.05. The normalized spacial score (nSPS) is 12.0. The number of nitriles is 1. The molecule has 5 rings (SSSR count). The third-order valence-corrected chi connectivity index (χ3v) is 13.5. The number of nitrogens with one attached hydrogen (secondary N) is 3. The number of carboxylic acid groups (broad SMARTS) is 4. The van der Waals surface area contributed by atoms with Crippen LogP contribution in [0, 0.1) is 17.1 Å². The number of amides is 2. The second-order valence-corrected chi connectivity index (χ2v) is 18.9. The fourth-order valence-corrected chi connectivity index (χ4v) is 10.3. The summed E-state index contributed by atoms with van der Waals surface area (Å²) in [6.45, 7) is -0.932. The maximum absolute atomic E-state index is 14.0. The molecule has 0 saturated carbocycles. The Hall–Kier alpha value is -7.42. The summed E-state index contributed by atoms with van der Waals surface area (Å²) < 4.78 is 72.2. The van der Waals surface area contributed by atoms with Gasteiger partial charge in [0.1, 0.15) is 41.3 Å². The zero-order valence-corrected chi connectivity index (χ0v) is 37.0. The number of carbonyl (C=O) groups is 6. The Kier molecular flexibility index (Phi) is 16.7. The third-order valence-electron chi connectivity index (χ3n) is 9.25. The zero-order valence-electron chi connectivity index (χ0n) is 34.5. The van der Waals surface area contributed by atoms with Crippen molar-refractivity contribution < 1.29 is 85.5 Å². The Labute approximate surface area is 382 Å². The monoisotopic (exact) mass is 984 g/mol. The number of ether oxygens (including phenoxy) is 2. The number of thiophene rings is 1. The van der Waals surface area contributed by atoms with Crippen LogP contribution in [0.15, 0.2) is 77.0 Å². The molecule has 1 aromatic heterocycles. The number of aliphatic carboxylic acids is 4. The predicted octanol–water partition coefficient (Wildman–Crippen LogP) is 3.54. The van der Waals surface area contributed by atoms with E-state index in [1.807, 2.05) is 4.72 Å². The Balaban J connectivity index is 1.34. The summed E-state index contributed by atoms with van der Waals surface area (Å²) in [6.07, 6.45) is -3.48. The highest BCUT2D eigenvalue weighted by Gasteiger charge is 2.28. The lowest BCUT2D eigenvalue weighted by atomic mass is 9.95. The first-order valence-electron chi connectivity index (χ1n) is 19.3. The van der Waals surface area contributed by atoms with Crippen LogP contribution in [-0.2, 0) is 59.4 Å². The minimum atomic E-state index is -4.78. The van der Waals surface area contributed by atoms with Gasteiger partial charge in [-0.15, -0.1) is 11.3 Å². The largest absolute Gasteiger partial charge is 0.488 e. The van der Waals surface area contributed by atoms with Crippen LogP contribution in [0.3, 0.4) is 0 Å². The molecule has 0 radical (unpaired) electrons. The molecule has 1 unspecified atom stereocenters. The number of carboxylic acids is 4. The van der Waals surface area contributed by atoms with Crippen molar-refractivity contribution in [1.29, 1.82) is 5.26 Å². The molecule has 67 heavy (non-hydrogen) atoms. The molecule has 0 fully saturated rings. The van der Waals surface area contributed by atoms with E-state index in [2.05, 4.69) is 10.6 Å². The van der Waals surface area contributed by atoms with Crippen LogP contribution in [0.1, 0.15) is 48.5 Å². The van der Waals surface area contributed by atoms with Gasteiger partial charge in [0.15, 0.2) is 11.5 Å². The second kappa shape index (κ2) is 22.2. The topological polar surface area (TPSA) is 342 Å². The fraction of sp³-hybridized carbons (Fsp3) is 0.214. The molecule has 1 heterocycles. The van der Waals surface area contributed by atoms with E-state index in [0.29, 0.717) is 17.4 Å². The molecule has 0 aliphatic heterocycles. The highest BCUT2D eigenvalue weighted by Crippen LogP contribution is 2.43. The lowest BCUT2D eigenvalue weighted by Crippen LogP contribution is -2.30. The molecule has 1 atom stereocenters. The maximum atomic E-state index is 14.0. The van der Waals surface area contributed by atoms with Gasteiger partial charge < -0.3 is 50.0 Å². The molecular formula is C42H38FN4O17PS2. The van der Waals surface area contributed by atoms with Gasteiger partial charge in [-0.05, 0) is 64.0 Å². The second-order valence-electron chi connectivity index (χ2n) is 14.1. The fourth-order valence-electron chi connectivity index (χ4n) is 6.37. The van der Waals surface area contributed by atoms with Crippen molar-refractivity contribution >= 4 is 74.7 Å². The van der Waals surface area contributed by atoms with Crippen molar-refractivity contribution in [3.8, 4) is 23.3 Å². The van der Waals surface area contributed by atoms with Crippen molar-refractivity contribution in [2.24, 2.45) is 0 Å². The summed E-state index contributed by atoms with van der Waals surface area (Å²) >= 11 is 0.708. The van der Waals surface area contributed by atoms with Crippen LogP contribution < -0.4 is 29.4 Å². The number of hydrogen-bond acceptors (Lipinski definition) is 14. The first-order chi connectivity index (χ1) is 31.7. The molecule has 0 saturated heterocycles. The summed E-state index contributed by atoms with van der Waals surface area (Å²) in [7, 11) is -9.30.